The van der Waals surface area contributed by atoms with Crippen molar-refractivity contribution < 1.29 is 32.2 Å². The zero-order valence-corrected chi connectivity index (χ0v) is 21.8. The molecule has 4 aromatic rings. The normalized spacial score (nSPS) is 10.8. The van der Waals surface area contributed by atoms with Crippen molar-refractivity contribution in [1.29, 1.82) is 0 Å². The van der Waals surface area contributed by atoms with Crippen LogP contribution in [0.5, 0.6) is 17.2 Å². The van der Waals surface area contributed by atoms with E-state index in [0.29, 0.717) is 41.4 Å². The highest BCUT2D eigenvalue weighted by Crippen LogP contribution is 2.32. The van der Waals surface area contributed by atoms with Gasteiger partial charge in [0.1, 0.15) is 17.3 Å². The topological polar surface area (TPSA) is 44.8 Å². The van der Waals surface area contributed by atoms with Gasteiger partial charge in [-0.3, -0.25) is 0 Å². The number of carbonyl (C=O) groups excluding carboxylic acids is 1. The molecule has 0 radical (unpaired) electrons. The number of hydrogen-bond acceptors (Lipinski definition) is 4. The van der Waals surface area contributed by atoms with Crippen molar-refractivity contribution in [2.45, 2.75) is 33.1 Å². The zero-order valence-electron chi connectivity index (χ0n) is 21.8. The van der Waals surface area contributed by atoms with Crippen LogP contribution in [0.4, 0.5) is 13.2 Å². The van der Waals surface area contributed by atoms with Crippen molar-refractivity contribution in [2.75, 3.05) is 13.2 Å². The van der Waals surface area contributed by atoms with Gasteiger partial charge in [-0.2, -0.15) is 4.39 Å². The summed E-state index contributed by atoms with van der Waals surface area (Å²) in [5, 5.41) is 0. The van der Waals surface area contributed by atoms with Crippen LogP contribution in [0.3, 0.4) is 0 Å². The van der Waals surface area contributed by atoms with Crippen molar-refractivity contribution in [2.24, 2.45) is 0 Å². The Morgan fingerprint density at radius 1 is 0.667 bits per heavy atom. The Kier molecular flexibility index (Phi) is 9.26. The summed E-state index contributed by atoms with van der Waals surface area (Å²) in [7, 11) is 0. The van der Waals surface area contributed by atoms with E-state index in [9.17, 15) is 18.0 Å². The summed E-state index contributed by atoms with van der Waals surface area (Å²) in [4.78, 5) is 12.6. The molecule has 0 heterocycles. The van der Waals surface area contributed by atoms with Gasteiger partial charge in [-0.25, -0.2) is 13.6 Å². The number of unbranched alkanes of at least 4 members (excludes halogenated alkanes) is 1. The fourth-order valence-electron chi connectivity index (χ4n) is 3.88. The predicted molar refractivity (Wildman–Crippen MR) is 145 cm³/mol. The standard InChI is InChI=1S/C32H29F3O4/c1-3-5-19-38-25-14-15-26(28(33)20-25)21-6-8-23(9-7-21)32(36)39-29-17-16-27(30(34)31(29)35)22-10-12-24(13-11-22)37-18-4-2/h6-17,20H,3-5,18-19H2,1-2H3. The highest BCUT2D eigenvalue weighted by atomic mass is 19.2. The van der Waals surface area contributed by atoms with E-state index in [-0.39, 0.29) is 11.1 Å². The maximum Gasteiger partial charge on any atom is 0.343 e. The predicted octanol–water partition coefficient (Wildman–Crippen LogP) is 8.62. The minimum Gasteiger partial charge on any atom is -0.494 e. The lowest BCUT2D eigenvalue weighted by atomic mass is 10.0. The lowest BCUT2D eigenvalue weighted by Gasteiger charge is -2.11. The third kappa shape index (κ3) is 6.79. The van der Waals surface area contributed by atoms with E-state index in [0.717, 1.165) is 19.3 Å². The van der Waals surface area contributed by atoms with E-state index >= 15 is 0 Å². The molecule has 4 nitrogen and oxygen atoms in total. The van der Waals surface area contributed by atoms with E-state index in [4.69, 9.17) is 14.2 Å². The summed E-state index contributed by atoms with van der Waals surface area (Å²) >= 11 is 0. The molecular weight excluding hydrogens is 505 g/mol. The summed E-state index contributed by atoms with van der Waals surface area (Å²) in [5.41, 5.74) is 1.47. The molecule has 0 bridgehead atoms. The molecule has 0 amide bonds. The first-order valence-corrected chi connectivity index (χ1v) is 12.9. The Labute approximate surface area is 226 Å². The third-order valence-corrected chi connectivity index (χ3v) is 6.03. The van der Waals surface area contributed by atoms with Crippen LogP contribution in [-0.2, 0) is 0 Å². The number of esters is 1. The maximum atomic E-state index is 14.9. The van der Waals surface area contributed by atoms with Crippen LogP contribution in [0.25, 0.3) is 22.3 Å². The van der Waals surface area contributed by atoms with Crippen molar-refractivity contribution in [3.8, 4) is 39.5 Å². The molecule has 4 rings (SSSR count). The van der Waals surface area contributed by atoms with E-state index in [1.54, 1.807) is 48.5 Å². The van der Waals surface area contributed by atoms with Gasteiger partial charge in [-0.1, -0.05) is 44.5 Å². The van der Waals surface area contributed by atoms with Crippen LogP contribution in [0, 0.1) is 17.5 Å². The molecule has 0 fully saturated rings. The Morgan fingerprint density at radius 2 is 1.28 bits per heavy atom. The van der Waals surface area contributed by atoms with Gasteiger partial charge < -0.3 is 14.2 Å². The summed E-state index contributed by atoms with van der Waals surface area (Å²) in [6.45, 7) is 5.11. The lowest BCUT2D eigenvalue weighted by Crippen LogP contribution is -2.10. The molecule has 0 saturated heterocycles. The second-order valence-electron chi connectivity index (χ2n) is 8.92. The molecule has 0 aliphatic carbocycles. The van der Waals surface area contributed by atoms with E-state index < -0.39 is 29.2 Å². The molecule has 0 aromatic heterocycles. The number of halogens is 3. The van der Waals surface area contributed by atoms with Crippen LogP contribution in [-0.4, -0.2) is 19.2 Å². The Hall–Kier alpha value is -4.26. The first-order chi connectivity index (χ1) is 18.9. The van der Waals surface area contributed by atoms with E-state index in [2.05, 4.69) is 0 Å². The van der Waals surface area contributed by atoms with Crippen molar-refractivity contribution in [3.05, 3.63) is 102 Å². The molecule has 0 N–H and O–H groups in total. The molecule has 7 heteroatoms. The van der Waals surface area contributed by atoms with Crippen molar-refractivity contribution in [1.82, 2.24) is 0 Å². The number of benzene rings is 4. The highest BCUT2D eigenvalue weighted by Gasteiger charge is 2.19. The van der Waals surface area contributed by atoms with Crippen molar-refractivity contribution in [3.63, 3.8) is 0 Å². The fourth-order valence-corrected chi connectivity index (χ4v) is 3.88. The molecule has 39 heavy (non-hydrogen) atoms. The maximum absolute atomic E-state index is 14.9. The zero-order chi connectivity index (χ0) is 27.8. The lowest BCUT2D eigenvalue weighted by molar-refractivity contribution is 0.0726. The Bertz CT molecular complexity index is 1420. The summed E-state index contributed by atoms with van der Waals surface area (Å²) in [5.74, 6) is -3.18. The second kappa shape index (κ2) is 13.0. The Balaban J connectivity index is 1.45. The van der Waals surface area contributed by atoms with Gasteiger partial charge in [0.25, 0.3) is 0 Å². The molecule has 4 aromatic carbocycles. The minimum atomic E-state index is -1.27. The molecular formula is C32H29F3O4. The SMILES string of the molecule is CCCCOc1ccc(-c2ccc(C(=O)Oc3ccc(-c4ccc(OCCC)cc4)c(F)c3F)cc2)c(F)c1. The minimum absolute atomic E-state index is 0.0301. The van der Waals surface area contributed by atoms with Crippen LogP contribution < -0.4 is 14.2 Å². The second-order valence-corrected chi connectivity index (χ2v) is 8.92. The van der Waals surface area contributed by atoms with Gasteiger partial charge in [0.2, 0.25) is 5.82 Å². The number of rotatable bonds is 11. The van der Waals surface area contributed by atoms with Crippen LogP contribution >= 0.6 is 0 Å². The number of carbonyl (C=O) groups is 1. The average molecular weight is 535 g/mol. The summed E-state index contributed by atoms with van der Waals surface area (Å²) in [6.07, 6.45) is 2.71. The Morgan fingerprint density at radius 3 is 1.95 bits per heavy atom. The largest absolute Gasteiger partial charge is 0.494 e. The van der Waals surface area contributed by atoms with Gasteiger partial charge in [0.05, 0.1) is 18.8 Å². The smallest absolute Gasteiger partial charge is 0.343 e. The van der Waals surface area contributed by atoms with Crippen molar-refractivity contribution >= 4 is 5.97 Å². The molecule has 0 unspecified atom stereocenters. The monoisotopic (exact) mass is 534 g/mol. The van der Waals surface area contributed by atoms with E-state index in [1.165, 1.54) is 30.3 Å². The summed E-state index contributed by atoms with van der Waals surface area (Å²) < 4.78 is 60.5. The third-order valence-electron chi connectivity index (χ3n) is 6.03. The number of ether oxygens (including phenoxy) is 3. The first-order valence-electron chi connectivity index (χ1n) is 12.9. The number of hydrogen-bond donors (Lipinski definition) is 0. The molecule has 0 saturated carbocycles. The molecule has 0 aliphatic heterocycles. The van der Waals surface area contributed by atoms with Gasteiger partial charge in [-0.05, 0) is 72.5 Å². The highest BCUT2D eigenvalue weighted by molar-refractivity contribution is 5.91. The first kappa shape index (κ1) is 27.8. The molecule has 0 aliphatic rings. The van der Waals surface area contributed by atoms with Gasteiger partial charge in [0.15, 0.2) is 11.6 Å². The van der Waals surface area contributed by atoms with Gasteiger partial charge in [-0.15, -0.1) is 0 Å². The van der Waals surface area contributed by atoms with Gasteiger partial charge >= 0.3 is 5.97 Å². The quantitative estimate of drug-likeness (QED) is 0.110. The molecule has 0 atom stereocenters. The molecule has 202 valence electrons. The molecule has 0 spiro atoms. The average Bonchev–Trinajstić information content (AvgIpc) is 2.95. The van der Waals surface area contributed by atoms with Crippen LogP contribution in [0.15, 0.2) is 78.9 Å². The fraction of sp³-hybridized carbons (Fsp3) is 0.219. The van der Waals surface area contributed by atoms with E-state index in [1.807, 2.05) is 13.8 Å². The van der Waals surface area contributed by atoms with Crippen LogP contribution in [0.2, 0.25) is 0 Å². The van der Waals surface area contributed by atoms with Gasteiger partial charge in [0, 0.05) is 17.2 Å². The van der Waals surface area contributed by atoms with Crippen LogP contribution in [0.1, 0.15) is 43.5 Å². The summed E-state index contributed by atoms with van der Waals surface area (Å²) in [6, 6.07) is 19.8.